The molecule has 2 N–H and O–H groups in total. The summed E-state index contributed by atoms with van der Waals surface area (Å²) in [7, 11) is 2.12. The first-order chi connectivity index (χ1) is 13.0. The summed E-state index contributed by atoms with van der Waals surface area (Å²) in [5.74, 6) is 0.928. The predicted molar refractivity (Wildman–Crippen MR) is 114 cm³/mol. The monoisotopic (exact) mass is 375 g/mol. The Morgan fingerprint density at radius 2 is 1.74 bits per heavy atom. The van der Waals surface area contributed by atoms with E-state index in [1.165, 1.54) is 11.1 Å². The van der Waals surface area contributed by atoms with Gasteiger partial charge >= 0.3 is 0 Å². The molecule has 0 unspecified atom stereocenters. The van der Waals surface area contributed by atoms with Gasteiger partial charge in [0, 0.05) is 39.1 Å². The van der Waals surface area contributed by atoms with Gasteiger partial charge in [0.1, 0.15) is 0 Å². The fourth-order valence-electron chi connectivity index (χ4n) is 2.78. The van der Waals surface area contributed by atoms with Gasteiger partial charge in [-0.25, -0.2) is 4.99 Å². The number of guanidine groups is 1. The van der Waals surface area contributed by atoms with E-state index in [1.807, 2.05) is 25.7 Å². The van der Waals surface area contributed by atoms with E-state index in [1.54, 1.807) is 0 Å². The van der Waals surface area contributed by atoms with Crippen LogP contribution in [-0.2, 0) is 17.9 Å². The van der Waals surface area contributed by atoms with E-state index >= 15 is 0 Å². The van der Waals surface area contributed by atoms with Crippen LogP contribution in [0.5, 0.6) is 0 Å². The van der Waals surface area contributed by atoms with Gasteiger partial charge in [0.15, 0.2) is 5.96 Å². The van der Waals surface area contributed by atoms with E-state index in [0.29, 0.717) is 19.5 Å². The standard InChI is InChI=1S/C21H37N5O/c1-6-22-21(23-14-13-20(27)26(8-3)9-4)24-16-18-11-10-12-19(15-18)17-25(5)7-2/h10-12,15H,6-9,13-14,16-17H2,1-5H3,(H2,22,23,24). The summed E-state index contributed by atoms with van der Waals surface area (Å²) in [6.45, 7) is 13.7. The number of nitrogens with zero attached hydrogens (tertiary/aromatic N) is 3. The lowest BCUT2D eigenvalue weighted by Crippen LogP contribution is -2.40. The zero-order valence-electron chi connectivity index (χ0n) is 17.7. The second-order valence-electron chi connectivity index (χ2n) is 6.59. The molecule has 0 atom stereocenters. The highest BCUT2D eigenvalue weighted by Crippen LogP contribution is 2.08. The minimum atomic E-state index is 0.177. The number of carbonyl (C=O) groups is 1. The van der Waals surface area contributed by atoms with Gasteiger partial charge in [0.25, 0.3) is 0 Å². The summed E-state index contributed by atoms with van der Waals surface area (Å²) >= 11 is 0. The molecule has 0 saturated heterocycles. The molecule has 0 saturated carbocycles. The van der Waals surface area contributed by atoms with Crippen molar-refractivity contribution in [1.29, 1.82) is 0 Å². The first-order valence-corrected chi connectivity index (χ1v) is 10.1. The minimum Gasteiger partial charge on any atom is -0.357 e. The third kappa shape index (κ3) is 8.91. The Balaban J connectivity index is 2.60. The summed E-state index contributed by atoms with van der Waals surface area (Å²) in [5.41, 5.74) is 2.49. The zero-order chi connectivity index (χ0) is 20.1. The number of rotatable bonds is 11. The summed E-state index contributed by atoms with van der Waals surface area (Å²) in [6.07, 6.45) is 0.477. The number of amides is 1. The molecule has 6 nitrogen and oxygen atoms in total. The lowest BCUT2D eigenvalue weighted by molar-refractivity contribution is -0.130. The van der Waals surface area contributed by atoms with E-state index in [0.717, 1.165) is 38.7 Å². The third-order valence-corrected chi connectivity index (χ3v) is 4.50. The second-order valence-corrected chi connectivity index (χ2v) is 6.59. The van der Waals surface area contributed by atoms with Gasteiger partial charge in [-0.3, -0.25) is 4.79 Å². The average Bonchev–Trinajstić information content (AvgIpc) is 2.67. The van der Waals surface area contributed by atoms with Crippen molar-refractivity contribution in [2.75, 3.05) is 39.8 Å². The van der Waals surface area contributed by atoms with Gasteiger partial charge in [-0.05, 0) is 45.5 Å². The van der Waals surface area contributed by atoms with Crippen LogP contribution in [0.15, 0.2) is 29.3 Å². The molecule has 1 aromatic carbocycles. The smallest absolute Gasteiger partial charge is 0.224 e. The van der Waals surface area contributed by atoms with Crippen molar-refractivity contribution < 1.29 is 4.79 Å². The molecule has 0 spiro atoms. The highest BCUT2D eigenvalue weighted by Gasteiger charge is 2.09. The van der Waals surface area contributed by atoms with Crippen LogP contribution >= 0.6 is 0 Å². The molecule has 6 heteroatoms. The molecule has 27 heavy (non-hydrogen) atoms. The fourth-order valence-corrected chi connectivity index (χ4v) is 2.78. The number of hydrogen-bond acceptors (Lipinski definition) is 3. The molecule has 0 aliphatic carbocycles. The highest BCUT2D eigenvalue weighted by atomic mass is 16.2. The van der Waals surface area contributed by atoms with Gasteiger partial charge in [0.05, 0.1) is 6.54 Å². The van der Waals surface area contributed by atoms with Gasteiger partial charge in [-0.15, -0.1) is 0 Å². The molecule has 0 bridgehead atoms. The average molecular weight is 376 g/mol. The van der Waals surface area contributed by atoms with Crippen molar-refractivity contribution in [3.63, 3.8) is 0 Å². The van der Waals surface area contributed by atoms with Crippen molar-refractivity contribution in [1.82, 2.24) is 20.4 Å². The van der Waals surface area contributed by atoms with Gasteiger partial charge in [0.2, 0.25) is 5.91 Å². The predicted octanol–water partition coefficient (Wildman–Crippen LogP) is 2.45. The summed E-state index contributed by atoms with van der Waals surface area (Å²) in [4.78, 5) is 20.9. The Hall–Kier alpha value is -2.08. The number of benzene rings is 1. The number of hydrogen-bond donors (Lipinski definition) is 2. The summed E-state index contributed by atoms with van der Waals surface area (Å²) in [5, 5.41) is 6.51. The van der Waals surface area contributed by atoms with E-state index in [9.17, 15) is 4.79 Å². The zero-order valence-corrected chi connectivity index (χ0v) is 17.7. The van der Waals surface area contributed by atoms with E-state index in [2.05, 4.69) is 58.8 Å². The lowest BCUT2D eigenvalue weighted by Gasteiger charge is -2.19. The lowest BCUT2D eigenvalue weighted by atomic mass is 10.1. The SMILES string of the molecule is CCNC(=NCc1cccc(CN(C)CC)c1)NCCC(=O)N(CC)CC. The van der Waals surface area contributed by atoms with Gasteiger partial charge in [-0.2, -0.15) is 0 Å². The van der Waals surface area contributed by atoms with Crippen LogP contribution in [-0.4, -0.2) is 61.4 Å². The first-order valence-electron chi connectivity index (χ1n) is 10.1. The van der Waals surface area contributed by atoms with E-state index < -0.39 is 0 Å². The van der Waals surface area contributed by atoms with Crippen molar-refractivity contribution in [2.24, 2.45) is 4.99 Å². The largest absolute Gasteiger partial charge is 0.357 e. The maximum Gasteiger partial charge on any atom is 0.224 e. The molecule has 0 aliphatic heterocycles. The maximum atomic E-state index is 12.1. The molecule has 1 aromatic rings. The van der Waals surface area contributed by atoms with Crippen LogP contribution in [0.25, 0.3) is 0 Å². The van der Waals surface area contributed by atoms with Crippen LogP contribution in [0.2, 0.25) is 0 Å². The normalized spacial score (nSPS) is 11.6. The van der Waals surface area contributed by atoms with Crippen LogP contribution < -0.4 is 10.6 Å². The Morgan fingerprint density at radius 1 is 1.04 bits per heavy atom. The topological polar surface area (TPSA) is 60.0 Å². The summed E-state index contributed by atoms with van der Waals surface area (Å²) < 4.78 is 0. The highest BCUT2D eigenvalue weighted by molar-refractivity contribution is 5.81. The Labute approximate surface area is 165 Å². The van der Waals surface area contributed by atoms with Crippen LogP contribution in [0.3, 0.4) is 0 Å². The van der Waals surface area contributed by atoms with Crippen molar-refractivity contribution in [2.45, 2.75) is 47.2 Å². The van der Waals surface area contributed by atoms with Crippen molar-refractivity contribution in [3.8, 4) is 0 Å². The summed E-state index contributed by atoms with van der Waals surface area (Å²) in [6, 6.07) is 8.56. The molecule has 0 aromatic heterocycles. The van der Waals surface area contributed by atoms with Crippen molar-refractivity contribution in [3.05, 3.63) is 35.4 Å². The minimum absolute atomic E-state index is 0.177. The van der Waals surface area contributed by atoms with E-state index in [-0.39, 0.29) is 5.91 Å². The van der Waals surface area contributed by atoms with Crippen LogP contribution in [0.4, 0.5) is 0 Å². The molecule has 0 aliphatic rings. The van der Waals surface area contributed by atoms with E-state index in [4.69, 9.17) is 0 Å². The molecular weight excluding hydrogens is 338 g/mol. The molecule has 0 radical (unpaired) electrons. The first kappa shape index (κ1) is 23.0. The molecule has 1 rings (SSSR count). The Morgan fingerprint density at radius 3 is 2.37 bits per heavy atom. The van der Waals surface area contributed by atoms with Crippen LogP contribution in [0, 0.1) is 0 Å². The Kier molecular flexibility index (Phi) is 11.2. The van der Waals surface area contributed by atoms with Crippen molar-refractivity contribution >= 4 is 11.9 Å². The Bertz CT molecular complexity index is 584. The maximum absolute atomic E-state index is 12.1. The quantitative estimate of drug-likeness (QED) is 0.461. The second kappa shape index (κ2) is 13.1. The number of aliphatic imine (C=N–C) groups is 1. The molecule has 0 heterocycles. The molecular formula is C21H37N5O. The molecule has 1 amide bonds. The third-order valence-electron chi connectivity index (χ3n) is 4.50. The van der Waals surface area contributed by atoms with Crippen LogP contribution in [0.1, 0.15) is 45.2 Å². The van der Waals surface area contributed by atoms with Gasteiger partial charge in [-0.1, -0.05) is 31.2 Å². The fraction of sp³-hybridized carbons (Fsp3) is 0.619. The molecule has 0 fully saturated rings. The number of nitrogens with one attached hydrogen (secondary N) is 2. The van der Waals surface area contributed by atoms with Gasteiger partial charge < -0.3 is 20.4 Å². The molecule has 152 valence electrons. The number of carbonyl (C=O) groups excluding carboxylic acids is 1.